The second-order valence-electron chi connectivity index (χ2n) is 4.00. The Morgan fingerprint density at radius 1 is 1.19 bits per heavy atom. The third kappa shape index (κ3) is 1.45. The summed E-state index contributed by atoms with van der Waals surface area (Å²) in [6.45, 7) is 0.710. The highest BCUT2D eigenvalue weighted by Crippen LogP contribution is 2.24. The second kappa shape index (κ2) is 3.47. The molecule has 2 N–H and O–H groups in total. The van der Waals surface area contributed by atoms with E-state index in [1.54, 1.807) is 4.90 Å². The standard InChI is InChI=1S/C11H12N2O3/c14-8-5-13(6-9(8)15)11-12-7-3-1-2-4-10(7)16-11/h1-4,8-9,14-15H,5-6H2. The van der Waals surface area contributed by atoms with E-state index in [4.69, 9.17) is 4.42 Å². The predicted molar refractivity (Wildman–Crippen MR) is 58.2 cm³/mol. The summed E-state index contributed by atoms with van der Waals surface area (Å²) in [5.74, 6) is 0. The molecule has 0 radical (unpaired) electrons. The predicted octanol–water partition coefficient (Wildman–Crippen LogP) is 0.370. The maximum absolute atomic E-state index is 9.44. The Labute approximate surface area is 91.9 Å². The molecule has 2 aromatic rings. The largest absolute Gasteiger partial charge is 0.423 e. The molecule has 1 aliphatic rings. The second-order valence-corrected chi connectivity index (χ2v) is 4.00. The lowest BCUT2D eigenvalue weighted by atomic mass is 10.3. The van der Waals surface area contributed by atoms with Gasteiger partial charge in [0.25, 0.3) is 6.01 Å². The number of oxazole rings is 1. The molecule has 0 spiro atoms. The Morgan fingerprint density at radius 2 is 1.88 bits per heavy atom. The van der Waals surface area contributed by atoms with Gasteiger partial charge in [-0.25, -0.2) is 0 Å². The molecule has 5 nitrogen and oxygen atoms in total. The fraction of sp³-hybridized carbons (Fsp3) is 0.364. The number of rotatable bonds is 1. The van der Waals surface area contributed by atoms with E-state index in [9.17, 15) is 10.2 Å². The number of benzene rings is 1. The lowest BCUT2D eigenvalue weighted by Crippen LogP contribution is -2.22. The average molecular weight is 220 g/mol. The van der Waals surface area contributed by atoms with E-state index in [2.05, 4.69) is 4.98 Å². The SMILES string of the molecule is OC1CN(c2nc3ccccc3o2)CC1O. The zero-order valence-corrected chi connectivity index (χ0v) is 8.58. The van der Waals surface area contributed by atoms with Crippen LogP contribution < -0.4 is 4.90 Å². The quantitative estimate of drug-likeness (QED) is 0.726. The van der Waals surface area contributed by atoms with Gasteiger partial charge >= 0.3 is 0 Å². The van der Waals surface area contributed by atoms with Crippen molar-refractivity contribution in [2.24, 2.45) is 0 Å². The number of para-hydroxylation sites is 2. The Balaban J connectivity index is 1.95. The molecular weight excluding hydrogens is 208 g/mol. The first kappa shape index (κ1) is 9.62. The van der Waals surface area contributed by atoms with Crippen LogP contribution in [0.4, 0.5) is 6.01 Å². The first-order valence-corrected chi connectivity index (χ1v) is 5.21. The minimum absolute atomic E-state index is 0.355. The number of hydrogen-bond donors (Lipinski definition) is 2. The number of nitrogens with zero attached hydrogens (tertiary/aromatic N) is 2. The van der Waals surface area contributed by atoms with Crippen molar-refractivity contribution in [1.29, 1.82) is 0 Å². The lowest BCUT2D eigenvalue weighted by molar-refractivity contribution is 0.0572. The smallest absolute Gasteiger partial charge is 0.298 e. The first-order valence-electron chi connectivity index (χ1n) is 5.21. The van der Waals surface area contributed by atoms with E-state index in [1.165, 1.54) is 0 Å². The van der Waals surface area contributed by atoms with Crippen LogP contribution in [0.15, 0.2) is 28.7 Å². The monoisotopic (exact) mass is 220 g/mol. The number of anilines is 1. The lowest BCUT2D eigenvalue weighted by Gasteiger charge is -2.10. The molecule has 0 saturated carbocycles. The van der Waals surface area contributed by atoms with Crippen molar-refractivity contribution in [3.8, 4) is 0 Å². The molecule has 3 rings (SSSR count). The minimum atomic E-state index is -0.727. The zero-order valence-electron chi connectivity index (χ0n) is 8.58. The van der Waals surface area contributed by atoms with Gasteiger partial charge in [-0.1, -0.05) is 12.1 Å². The third-order valence-electron chi connectivity index (χ3n) is 2.81. The number of β-amino-alcohol motifs (C(OH)–C–C–N with tert-alkyl or cyclic N) is 2. The van der Waals surface area contributed by atoms with Crippen molar-refractivity contribution in [2.45, 2.75) is 12.2 Å². The Bertz CT molecular complexity index is 468. The number of fused-ring (bicyclic) bond motifs is 1. The summed E-state index contributed by atoms with van der Waals surface area (Å²) in [7, 11) is 0. The minimum Gasteiger partial charge on any atom is -0.423 e. The molecule has 0 bridgehead atoms. The van der Waals surface area contributed by atoms with E-state index in [1.807, 2.05) is 24.3 Å². The molecule has 1 fully saturated rings. The Morgan fingerprint density at radius 3 is 2.56 bits per heavy atom. The van der Waals surface area contributed by atoms with Crippen LogP contribution in [-0.4, -0.2) is 40.5 Å². The molecule has 0 amide bonds. The maximum Gasteiger partial charge on any atom is 0.298 e. The number of aromatic nitrogens is 1. The maximum atomic E-state index is 9.44. The average Bonchev–Trinajstić information content (AvgIpc) is 2.83. The summed E-state index contributed by atoms with van der Waals surface area (Å²) < 4.78 is 5.54. The highest BCUT2D eigenvalue weighted by Gasteiger charge is 2.32. The van der Waals surface area contributed by atoms with Crippen LogP contribution in [0.2, 0.25) is 0 Å². The van der Waals surface area contributed by atoms with Crippen molar-refractivity contribution in [1.82, 2.24) is 4.98 Å². The van der Waals surface area contributed by atoms with Gasteiger partial charge in [-0.2, -0.15) is 4.98 Å². The molecule has 2 heterocycles. The summed E-state index contributed by atoms with van der Waals surface area (Å²) in [5.41, 5.74) is 1.50. The first-order chi connectivity index (χ1) is 7.74. The molecular formula is C11H12N2O3. The van der Waals surface area contributed by atoms with Gasteiger partial charge in [0.2, 0.25) is 0 Å². The molecule has 1 saturated heterocycles. The van der Waals surface area contributed by atoms with Crippen molar-refractivity contribution >= 4 is 17.1 Å². The zero-order chi connectivity index (χ0) is 11.1. The van der Waals surface area contributed by atoms with Crippen molar-refractivity contribution in [3.63, 3.8) is 0 Å². The summed E-state index contributed by atoms with van der Waals surface area (Å²) >= 11 is 0. The van der Waals surface area contributed by atoms with Gasteiger partial charge in [0.1, 0.15) is 5.52 Å². The van der Waals surface area contributed by atoms with Gasteiger partial charge in [-0.05, 0) is 12.1 Å². The van der Waals surface area contributed by atoms with Crippen LogP contribution in [0.5, 0.6) is 0 Å². The van der Waals surface area contributed by atoms with E-state index in [0.29, 0.717) is 24.7 Å². The van der Waals surface area contributed by atoms with E-state index < -0.39 is 12.2 Å². The van der Waals surface area contributed by atoms with Gasteiger partial charge in [0.05, 0.1) is 25.3 Å². The number of hydrogen-bond acceptors (Lipinski definition) is 5. The van der Waals surface area contributed by atoms with Crippen molar-refractivity contribution in [3.05, 3.63) is 24.3 Å². The highest BCUT2D eigenvalue weighted by molar-refractivity contribution is 5.74. The molecule has 5 heteroatoms. The summed E-state index contributed by atoms with van der Waals surface area (Å²) in [5, 5.41) is 18.9. The third-order valence-corrected chi connectivity index (χ3v) is 2.81. The van der Waals surface area contributed by atoms with Crippen LogP contribution in [0, 0.1) is 0 Å². The molecule has 2 unspecified atom stereocenters. The van der Waals surface area contributed by atoms with Crippen LogP contribution in [-0.2, 0) is 0 Å². The van der Waals surface area contributed by atoms with Crippen LogP contribution >= 0.6 is 0 Å². The summed E-state index contributed by atoms with van der Waals surface area (Å²) in [6, 6.07) is 7.93. The summed E-state index contributed by atoms with van der Waals surface area (Å²) in [6.07, 6.45) is -1.45. The topological polar surface area (TPSA) is 69.7 Å². The van der Waals surface area contributed by atoms with E-state index in [0.717, 1.165) is 5.52 Å². The van der Waals surface area contributed by atoms with Gasteiger partial charge in [-0.15, -0.1) is 0 Å². The summed E-state index contributed by atoms with van der Waals surface area (Å²) in [4.78, 5) is 6.05. The van der Waals surface area contributed by atoms with Gasteiger partial charge in [-0.3, -0.25) is 0 Å². The Kier molecular flexibility index (Phi) is 2.08. The number of aliphatic hydroxyl groups excluding tert-OH is 2. The van der Waals surface area contributed by atoms with Crippen molar-refractivity contribution < 1.29 is 14.6 Å². The van der Waals surface area contributed by atoms with E-state index in [-0.39, 0.29) is 0 Å². The van der Waals surface area contributed by atoms with Crippen LogP contribution in [0.25, 0.3) is 11.1 Å². The molecule has 16 heavy (non-hydrogen) atoms. The fourth-order valence-corrected chi connectivity index (χ4v) is 1.92. The molecule has 84 valence electrons. The molecule has 1 aliphatic heterocycles. The van der Waals surface area contributed by atoms with E-state index >= 15 is 0 Å². The molecule has 1 aromatic heterocycles. The molecule has 0 aliphatic carbocycles. The van der Waals surface area contributed by atoms with Crippen molar-refractivity contribution in [2.75, 3.05) is 18.0 Å². The van der Waals surface area contributed by atoms with Gasteiger partial charge in [0.15, 0.2) is 5.58 Å². The molecule has 2 atom stereocenters. The molecule has 1 aromatic carbocycles. The van der Waals surface area contributed by atoms with Crippen LogP contribution in [0.3, 0.4) is 0 Å². The van der Waals surface area contributed by atoms with Gasteiger partial charge < -0.3 is 19.5 Å². The van der Waals surface area contributed by atoms with Gasteiger partial charge in [0, 0.05) is 0 Å². The highest BCUT2D eigenvalue weighted by atomic mass is 16.4. The fourth-order valence-electron chi connectivity index (χ4n) is 1.92. The number of aliphatic hydroxyl groups is 2. The van der Waals surface area contributed by atoms with Crippen LogP contribution in [0.1, 0.15) is 0 Å². The Hall–Kier alpha value is -1.59. The normalized spacial score (nSPS) is 25.5.